The summed E-state index contributed by atoms with van der Waals surface area (Å²) in [6, 6.07) is 2.21. The number of rotatable bonds is 6. The van der Waals surface area contributed by atoms with Gasteiger partial charge in [-0.05, 0) is 35.2 Å². The summed E-state index contributed by atoms with van der Waals surface area (Å²) >= 11 is 3.32. The molecule has 1 saturated carbocycles. The van der Waals surface area contributed by atoms with Gasteiger partial charge in [0.2, 0.25) is 0 Å². The van der Waals surface area contributed by atoms with Gasteiger partial charge in [-0.1, -0.05) is 6.92 Å². The quantitative estimate of drug-likeness (QED) is 0.607. The summed E-state index contributed by atoms with van der Waals surface area (Å²) in [6.07, 6.45) is 4.88. The average Bonchev–Trinajstić information content (AvgIpc) is 3.21. The van der Waals surface area contributed by atoms with Crippen LogP contribution in [0.25, 0.3) is 5.65 Å². The lowest BCUT2D eigenvalue weighted by molar-refractivity contribution is -0.127. The Hall–Kier alpha value is -2.51. The van der Waals surface area contributed by atoms with Crippen molar-refractivity contribution in [1.82, 2.24) is 19.9 Å². The predicted molar refractivity (Wildman–Crippen MR) is 104 cm³/mol. The van der Waals surface area contributed by atoms with E-state index in [1.165, 1.54) is 10.7 Å². The first-order chi connectivity index (χ1) is 13.4. The fourth-order valence-electron chi connectivity index (χ4n) is 4.11. The first kappa shape index (κ1) is 18.8. The predicted octanol–water partition coefficient (Wildman–Crippen LogP) is 1.24. The van der Waals surface area contributed by atoms with E-state index in [0.29, 0.717) is 41.9 Å². The fraction of sp³-hybridized carbons (Fsp3) is 0.500. The molecule has 28 heavy (non-hydrogen) atoms. The lowest BCUT2D eigenvalue weighted by Crippen LogP contribution is -2.56. The summed E-state index contributed by atoms with van der Waals surface area (Å²) in [6.45, 7) is 3.01. The fourth-order valence-corrected chi connectivity index (χ4v) is 4.47. The Morgan fingerprint density at radius 3 is 2.89 bits per heavy atom. The molecule has 0 bridgehead atoms. The first-order valence-corrected chi connectivity index (χ1v) is 9.95. The Bertz CT molecular complexity index is 1020. The molecule has 1 aliphatic heterocycles. The van der Waals surface area contributed by atoms with Crippen LogP contribution in [0, 0.1) is 22.7 Å². The molecule has 1 aliphatic carbocycles. The Morgan fingerprint density at radius 2 is 2.29 bits per heavy atom. The molecule has 2 aromatic heterocycles. The number of hydrogen-bond acceptors (Lipinski definition) is 7. The minimum absolute atomic E-state index is 0.0434. The van der Waals surface area contributed by atoms with E-state index >= 15 is 0 Å². The molecule has 10 heteroatoms. The van der Waals surface area contributed by atoms with Gasteiger partial charge in [-0.25, -0.2) is 9.50 Å². The number of amides is 1. The van der Waals surface area contributed by atoms with E-state index in [4.69, 9.17) is 5.73 Å². The topological polar surface area (TPSA) is 138 Å². The number of nitrogens with two attached hydrogens (primary N) is 1. The van der Waals surface area contributed by atoms with Crippen LogP contribution in [-0.4, -0.2) is 44.9 Å². The number of Topliss-reactive ketones (excluding diaryl/α,β-unsaturated/α-hetero) is 1. The summed E-state index contributed by atoms with van der Waals surface area (Å²) in [7, 11) is 0. The zero-order valence-electron chi connectivity index (χ0n) is 15.3. The third kappa shape index (κ3) is 2.69. The van der Waals surface area contributed by atoms with Crippen molar-refractivity contribution in [3.8, 4) is 6.07 Å². The van der Waals surface area contributed by atoms with Crippen LogP contribution >= 0.6 is 15.9 Å². The molecule has 146 valence electrons. The average molecular weight is 446 g/mol. The van der Waals surface area contributed by atoms with Crippen LogP contribution < -0.4 is 16.4 Å². The van der Waals surface area contributed by atoms with Crippen molar-refractivity contribution in [2.75, 3.05) is 18.4 Å². The minimum Gasteiger partial charge on any atom is -0.368 e. The highest BCUT2D eigenvalue weighted by Gasteiger charge is 2.61. The molecule has 0 aromatic carbocycles. The van der Waals surface area contributed by atoms with Gasteiger partial charge in [0.1, 0.15) is 15.6 Å². The molecule has 0 radical (unpaired) electrons. The van der Waals surface area contributed by atoms with E-state index < -0.39 is 16.9 Å². The second kappa shape index (κ2) is 6.53. The summed E-state index contributed by atoms with van der Waals surface area (Å²) in [5, 5.41) is 20.4. The third-order valence-electron chi connectivity index (χ3n) is 5.86. The highest BCUT2D eigenvalue weighted by molar-refractivity contribution is 9.10. The monoisotopic (exact) mass is 445 g/mol. The molecule has 1 amide bonds. The van der Waals surface area contributed by atoms with Crippen LogP contribution in [0.3, 0.4) is 0 Å². The first-order valence-electron chi connectivity index (χ1n) is 9.15. The molecule has 0 unspecified atom stereocenters. The Labute approximate surface area is 169 Å². The molecule has 2 aliphatic rings. The van der Waals surface area contributed by atoms with Crippen LogP contribution in [0.4, 0.5) is 5.69 Å². The number of imidazole rings is 1. The van der Waals surface area contributed by atoms with Crippen LogP contribution in [-0.2, 0) is 4.79 Å². The zero-order valence-corrected chi connectivity index (χ0v) is 16.9. The lowest BCUT2D eigenvalue weighted by Gasteiger charge is -2.36. The van der Waals surface area contributed by atoms with Gasteiger partial charge in [-0.3, -0.25) is 9.59 Å². The van der Waals surface area contributed by atoms with E-state index in [2.05, 4.69) is 42.7 Å². The number of carbonyl (C=O) groups excluding carboxylic acids is 2. The molecule has 2 atom stereocenters. The Morgan fingerprint density at radius 1 is 1.54 bits per heavy atom. The molecule has 2 fully saturated rings. The number of aromatic nitrogens is 3. The highest BCUT2D eigenvalue weighted by Crippen LogP contribution is 2.51. The Kier molecular flexibility index (Phi) is 4.39. The van der Waals surface area contributed by atoms with Gasteiger partial charge < -0.3 is 16.4 Å². The van der Waals surface area contributed by atoms with E-state index in [-0.39, 0.29) is 17.3 Å². The number of nitriles is 1. The van der Waals surface area contributed by atoms with Crippen LogP contribution in [0.5, 0.6) is 0 Å². The van der Waals surface area contributed by atoms with Gasteiger partial charge >= 0.3 is 0 Å². The second-order valence-corrected chi connectivity index (χ2v) is 8.30. The van der Waals surface area contributed by atoms with Gasteiger partial charge in [0.05, 0.1) is 29.7 Å². The van der Waals surface area contributed by atoms with Crippen molar-refractivity contribution in [1.29, 1.82) is 5.26 Å². The van der Waals surface area contributed by atoms with Crippen molar-refractivity contribution < 1.29 is 9.59 Å². The smallest absolute Gasteiger partial charge is 0.252 e. The van der Waals surface area contributed by atoms with Gasteiger partial charge in [0.15, 0.2) is 11.4 Å². The normalized spacial score (nSPS) is 25.4. The molecule has 1 saturated heterocycles. The number of ketones is 1. The number of nitrogens with one attached hydrogen (secondary N) is 2. The van der Waals surface area contributed by atoms with Crippen LogP contribution in [0.15, 0.2) is 17.0 Å². The molecular weight excluding hydrogens is 426 g/mol. The maximum Gasteiger partial charge on any atom is 0.252 e. The maximum atomic E-state index is 13.6. The van der Waals surface area contributed by atoms with Crippen molar-refractivity contribution in [2.24, 2.45) is 17.1 Å². The largest absolute Gasteiger partial charge is 0.368 e. The van der Waals surface area contributed by atoms with Crippen molar-refractivity contribution in [2.45, 2.75) is 31.7 Å². The molecule has 3 heterocycles. The van der Waals surface area contributed by atoms with E-state index in [9.17, 15) is 14.9 Å². The van der Waals surface area contributed by atoms with Gasteiger partial charge in [0.25, 0.3) is 5.91 Å². The standard InChI is InChI=1S/C18H20BrN7O2/c1-2-10-5-22-9-18(10,16(28)17(8-20)3-4-17)25-13-11(14(21)27)6-23-26-7-12(19)24-15(13)26/h6-7,10,22,25H,2-5,9H2,1H3,(H2,21,27)/t10-,18+/m0/s1. The summed E-state index contributed by atoms with van der Waals surface area (Å²) in [4.78, 5) is 30.1. The number of fused-ring (bicyclic) bond motifs is 1. The molecule has 9 nitrogen and oxygen atoms in total. The number of nitrogens with zero attached hydrogens (tertiary/aromatic N) is 4. The maximum absolute atomic E-state index is 13.6. The second-order valence-electron chi connectivity index (χ2n) is 7.48. The number of primary amides is 1. The number of hydrogen-bond donors (Lipinski definition) is 3. The van der Waals surface area contributed by atoms with Crippen molar-refractivity contribution in [3.63, 3.8) is 0 Å². The van der Waals surface area contributed by atoms with Gasteiger partial charge in [0, 0.05) is 19.0 Å². The number of halogens is 1. The summed E-state index contributed by atoms with van der Waals surface area (Å²) < 4.78 is 2.05. The van der Waals surface area contributed by atoms with E-state index in [0.717, 1.165) is 6.42 Å². The number of carbonyl (C=O) groups is 2. The Balaban J connectivity index is 1.89. The molecule has 2 aromatic rings. The molecule has 4 N–H and O–H groups in total. The van der Waals surface area contributed by atoms with E-state index in [1.807, 2.05) is 6.92 Å². The molecular formula is C18H20BrN7O2. The van der Waals surface area contributed by atoms with E-state index in [1.54, 1.807) is 6.20 Å². The van der Waals surface area contributed by atoms with Crippen molar-refractivity contribution in [3.05, 3.63) is 22.6 Å². The summed E-state index contributed by atoms with van der Waals surface area (Å²) in [5.41, 5.74) is 4.50. The molecule has 0 spiro atoms. The number of anilines is 1. The van der Waals surface area contributed by atoms with Gasteiger partial charge in [-0.2, -0.15) is 10.4 Å². The van der Waals surface area contributed by atoms with Crippen LogP contribution in [0.1, 0.15) is 36.5 Å². The third-order valence-corrected chi connectivity index (χ3v) is 6.25. The zero-order chi connectivity index (χ0) is 20.1. The molecule has 4 rings (SSSR count). The van der Waals surface area contributed by atoms with Crippen molar-refractivity contribution >= 4 is 39.0 Å². The minimum atomic E-state index is -1.02. The lowest BCUT2D eigenvalue weighted by atomic mass is 9.75. The van der Waals surface area contributed by atoms with Gasteiger partial charge in [-0.15, -0.1) is 0 Å². The highest BCUT2D eigenvalue weighted by atomic mass is 79.9. The SMILES string of the molecule is CC[C@H]1CNC[C@]1(Nc1c(C(N)=O)cnn2cc(Br)nc12)C(=O)C1(C#N)CC1. The van der Waals surface area contributed by atoms with Crippen LogP contribution in [0.2, 0.25) is 0 Å². The summed E-state index contributed by atoms with van der Waals surface area (Å²) in [5.74, 6) is -0.840.